The highest BCUT2D eigenvalue weighted by Crippen LogP contribution is 2.21. The number of hydrogen-bond donors (Lipinski definition) is 0. The molecule has 0 saturated heterocycles. The Hall–Kier alpha value is -2.76. The van der Waals surface area contributed by atoms with Gasteiger partial charge in [0.05, 0.1) is 20.2 Å². The van der Waals surface area contributed by atoms with Gasteiger partial charge in [0, 0.05) is 36.9 Å². The molecule has 6 heteroatoms. The number of methoxy groups -OCH3 is 1. The van der Waals surface area contributed by atoms with Crippen molar-refractivity contribution in [3.8, 4) is 5.75 Å². The predicted molar refractivity (Wildman–Crippen MR) is 133 cm³/mol. The van der Waals surface area contributed by atoms with Crippen molar-refractivity contribution in [3.05, 3.63) is 53.9 Å². The van der Waals surface area contributed by atoms with E-state index in [1.165, 1.54) is 0 Å². The third-order valence-electron chi connectivity index (χ3n) is 5.57. The van der Waals surface area contributed by atoms with Crippen LogP contribution in [0.15, 0.2) is 42.6 Å². The van der Waals surface area contributed by atoms with Crippen LogP contribution < -0.4 is 4.74 Å². The second-order valence-electron chi connectivity index (χ2n) is 10.0. The average Bonchev–Trinajstić information content (AvgIpc) is 3.17. The van der Waals surface area contributed by atoms with Crippen molar-refractivity contribution in [2.24, 2.45) is 5.92 Å². The van der Waals surface area contributed by atoms with Crippen LogP contribution >= 0.6 is 0 Å². The van der Waals surface area contributed by atoms with E-state index in [1.807, 2.05) is 63.1 Å². The lowest BCUT2D eigenvalue weighted by Crippen LogP contribution is -2.50. The van der Waals surface area contributed by atoms with Gasteiger partial charge in [0.2, 0.25) is 11.8 Å². The summed E-state index contributed by atoms with van der Waals surface area (Å²) in [6.07, 6.45) is 3.29. The van der Waals surface area contributed by atoms with E-state index in [0.717, 1.165) is 23.4 Å². The largest absolute Gasteiger partial charge is 0.497 e. The summed E-state index contributed by atoms with van der Waals surface area (Å²) in [6, 6.07) is 12.1. The molecule has 0 bridgehead atoms. The van der Waals surface area contributed by atoms with Crippen molar-refractivity contribution in [2.75, 3.05) is 20.2 Å². The van der Waals surface area contributed by atoms with E-state index in [-0.39, 0.29) is 23.9 Å². The van der Waals surface area contributed by atoms with Gasteiger partial charge in [-0.2, -0.15) is 0 Å². The Kier molecular flexibility index (Phi) is 9.56. The minimum Gasteiger partial charge on any atom is -0.497 e. The predicted octanol–water partition coefficient (Wildman–Crippen LogP) is 4.96. The van der Waals surface area contributed by atoms with E-state index in [1.54, 1.807) is 12.0 Å². The molecule has 0 fully saturated rings. The lowest BCUT2D eigenvalue weighted by Gasteiger charge is -2.37. The van der Waals surface area contributed by atoms with Crippen molar-refractivity contribution in [1.29, 1.82) is 0 Å². The zero-order valence-corrected chi connectivity index (χ0v) is 21.4. The molecule has 6 nitrogen and oxygen atoms in total. The van der Waals surface area contributed by atoms with Gasteiger partial charge in [0.1, 0.15) is 5.75 Å². The second-order valence-corrected chi connectivity index (χ2v) is 10.0. The van der Waals surface area contributed by atoms with Gasteiger partial charge in [-0.05, 0) is 62.9 Å². The van der Waals surface area contributed by atoms with Crippen LogP contribution in [-0.2, 0) is 22.7 Å². The number of ether oxygens (including phenoxy) is 1. The number of amides is 2. The molecule has 1 aromatic carbocycles. The van der Waals surface area contributed by atoms with Crippen LogP contribution in [-0.4, -0.2) is 51.9 Å². The smallest absolute Gasteiger partial charge is 0.242 e. The van der Waals surface area contributed by atoms with E-state index in [4.69, 9.17) is 4.74 Å². The van der Waals surface area contributed by atoms with E-state index in [9.17, 15) is 9.59 Å². The summed E-state index contributed by atoms with van der Waals surface area (Å²) >= 11 is 0. The number of nitrogens with zero attached hydrogens (tertiary/aromatic N) is 3. The van der Waals surface area contributed by atoms with Crippen LogP contribution in [0.3, 0.4) is 0 Å². The highest BCUT2D eigenvalue weighted by atomic mass is 16.5. The van der Waals surface area contributed by atoms with Crippen LogP contribution in [0.5, 0.6) is 5.75 Å². The van der Waals surface area contributed by atoms with Gasteiger partial charge >= 0.3 is 0 Å². The maximum absolute atomic E-state index is 13.5. The minimum atomic E-state index is -0.376. The number of aromatic nitrogens is 1. The maximum atomic E-state index is 13.5. The maximum Gasteiger partial charge on any atom is 0.242 e. The van der Waals surface area contributed by atoms with E-state index in [2.05, 4.69) is 30.5 Å². The Morgan fingerprint density at radius 2 is 1.82 bits per heavy atom. The Morgan fingerprint density at radius 3 is 2.42 bits per heavy atom. The number of hydrogen-bond acceptors (Lipinski definition) is 3. The Balaban J connectivity index is 2.22. The molecule has 2 amide bonds. The van der Waals surface area contributed by atoms with Gasteiger partial charge in [-0.1, -0.05) is 32.9 Å². The second kappa shape index (κ2) is 11.9. The van der Waals surface area contributed by atoms with Crippen LogP contribution in [0, 0.1) is 5.92 Å². The fourth-order valence-corrected chi connectivity index (χ4v) is 3.89. The molecule has 1 heterocycles. The molecule has 1 aromatic heterocycles. The number of rotatable bonds is 11. The SMILES string of the molecule is CCCC(=O)N(CC(=O)N(Cc1cccn1Cc1cccc(OC)c1)C(C)(C)C)CC(C)C. The van der Waals surface area contributed by atoms with Crippen molar-refractivity contribution in [2.45, 2.75) is 73.0 Å². The molecule has 0 atom stereocenters. The molecule has 0 aliphatic rings. The molecule has 0 unspecified atom stereocenters. The van der Waals surface area contributed by atoms with Crippen LogP contribution in [0.25, 0.3) is 0 Å². The zero-order chi connectivity index (χ0) is 24.6. The molecule has 0 N–H and O–H groups in total. The third-order valence-corrected chi connectivity index (χ3v) is 5.57. The van der Waals surface area contributed by atoms with Crippen molar-refractivity contribution in [1.82, 2.24) is 14.4 Å². The average molecular weight is 456 g/mol. The molecule has 0 aliphatic heterocycles. The Labute approximate surface area is 199 Å². The van der Waals surface area contributed by atoms with Gasteiger partial charge < -0.3 is 19.1 Å². The van der Waals surface area contributed by atoms with Crippen LogP contribution in [0.4, 0.5) is 0 Å². The van der Waals surface area contributed by atoms with Gasteiger partial charge in [0.25, 0.3) is 0 Å². The number of carbonyl (C=O) groups is 2. The lowest BCUT2D eigenvalue weighted by atomic mass is 10.0. The number of benzene rings is 1. The number of carbonyl (C=O) groups excluding carboxylic acids is 2. The van der Waals surface area contributed by atoms with Crippen LogP contribution in [0.1, 0.15) is 65.6 Å². The van der Waals surface area contributed by atoms with E-state index >= 15 is 0 Å². The monoisotopic (exact) mass is 455 g/mol. The van der Waals surface area contributed by atoms with Gasteiger partial charge in [-0.3, -0.25) is 9.59 Å². The minimum absolute atomic E-state index is 0.0262. The molecule has 0 aliphatic carbocycles. The van der Waals surface area contributed by atoms with Crippen molar-refractivity contribution in [3.63, 3.8) is 0 Å². The summed E-state index contributed by atoms with van der Waals surface area (Å²) in [4.78, 5) is 29.7. The van der Waals surface area contributed by atoms with Crippen molar-refractivity contribution >= 4 is 11.8 Å². The normalized spacial score (nSPS) is 11.5. The quantitative estimate of drug-likeness (QED) is 0.481. The summed E-state index contributed by atoms with van der Waals surface area (Å²) < 4.78 is 7.51. The first-order valence-corrected chi connectivity index (χ1v) is 11.9. The topological polar surface area (TPSA) is 54.8 Å². The Morgan fingerprint density at radius 1 is 1.09 bits per heavy atom. The van der Waals surface area contributed by atoms with Crippen LogP contribution in [0.2, 0.25) is 0 Å². The molecule has 0 saturated carbocycles. The van der Waals surface area contributed by atoms with Gasteiger partial charge in [-0.15, -0.1) is 0 Å². The first-order valence-electron chi connectivity index (χ1n) is 11.9. The lowest BCUT2D eigenvalue weighted by molar-refractivity contribution is -0.144. The van der Waals surface area contributed by atoms with E-state index < -0.39 is 0 Å². The highest BCUT2D eigenvalue weighted by molar-refractivity contribution is 5.85. The van der Waals surface area contributed by atoms with E-state index in [0.29, 0.717) is 32.0 Å². The summed E-state index contributed by atoms with van der Waals surface area (Å²) in [5.74, 6) is 1.16. The summed E-state index contributed by atoms with van der Waals surface area (Å²) in [5, 5.41) is 0. The fourth-order valence-electron chi connectivity index (χ4n) is 3.89. The third kappa shape index (κ3) is 7.95. The summed E-state index contributed by atoms with van der Waals surface area (Å²) in [7, 11) is 1.67. The van der Waals surface area contributed by atoms with Crippen molar-refractivity contribution < 1.29 is 14.3 Å². The molecule has 0 spiro atoms. The first kappa shape index (κ1) is 26.5. The molecule has 2 rings (SSSR count). The molecule has 182 valence electrons. The molecular formula is C27H41N3O3. The first-order chi connectivity index (χ1) is 15.5. The molecule has 0 radical (unpaired) electrons. The van der Waals surface area contributed by atoms with Gasteiger partial charge in [0.15, 0.2) is 0 Å². The highest BCUT2D eigenvalue weighted by Gasteiger charge is 2.29. The van der Waals surface area contributed by atoms with Gasteiger partial charge in [-0.25, -0.2) is 0 Å². The summed E-state index contributed by atoms with van der Waals surface area (Å²) in [5.41, 5.74) is 1.81. The summed E-state index contributed by atoms with van der Waals surface area (Å²) in [6.45, 7) is 14.2. The molecular weight excluding hydrogens is 414 g/mol. The molecule has 33 heavy (non-hydrogen) atoms. The molecule has 2 aromatic rings. The zero-order valence-electron chi connectivity index (χ0n) is 21.4. The fraction of sp³-hybridized carbons (Fsp3) is 0.556. The Bertz CT molecular complexity index is 911. The standard InChI is InChI=1S/C27H41N3O3/c1-8-11-25(31)29(17-21(2)3)20-26(32)30(27(4,5)6)19-23-13-10-15-28(23)18-22-12-9-14-24(16-22)33-7/h9-10,12-16,21H,8,11,17-20H2,1-7H3.